The first-order valence-corrected chi connectivity index (χ1v) is 17.4. The summed E-state index contributed by atoms with van der Waals surface area (Å²) in [6, 6.07) is 0. The molecule has 0 aliphatic carbocycles. The molecule has 2 unspecified atom stereocenters. The number of esters is 5. The first kappa shape index (κ1) is 44.4. The van der Waals surface area contributed by atoms with Crippen LogP contribution in [0.4, 0.5) is 5.69 Å². The molecule has 17 nitrogen and oxygen atoms in total. The molecule has 0 saturated heterocycles. The molecule has 49 heavy (non-hydrogen) atoms. The van der Waals surface area contributed by atoms with Crippen LogP contribution in [-0.2, 0) is 57.2 Å². The number of carbonyl (C=O) groups is 8. The summed E-state index contributed by atoms with van der Waals surface area (Å²) in [7, 11) is 2.37. The SMILES string of the molecule is COCC(=O)Nc1c(I)c(C(=O)N(Cl)CC(COC(C)=O)OC(C)=O)c(I)c(C(=O)N(CC(=O)OC)CC(COC(C)=O)OC(C)=O)c1I. The molecule has 3 amide bonds. The largest absolute Gasteiger partial charge is 0.468 e. The minimum Gasteiger partial charge on any atom is -0.468 e. The molecule has 272 valence electrons. The van der Waals surface area contributed by atoms with Crippen molar-refractivity contribution in [3.63, 3.8) is 0 Å². The van der Waals surface area contributed by atoms with Crippen LogP contribution >= 0.6 is 79.5 Å². The quantitative estimate of drug-likeness (QED) is 0.103. The minimum absolute atomic E-state index is 0.0198. The predicted octanol–water partition coefficient (Wildman–Crippen LogP) is 2.29. The highest BCUT2D eigenvalue weighted by Gasteiger charge is 2.35. The zero-order valence-electron chi connectivity index (χ0n) is 27.0. The van der Waals surface area contributed by atoms with Gasteiger partial charge < -0.3 is 38.6 Å². The van der Waals surface area contributed by atoms with Crippen molar-refractivity contribution in [2.45, 2.75) is 39.9 Å². The molecule has 1 aromatic carbocycles. The molecule has 0 aromatic heterocycles. The van der Waals surface area contributed by atoms with E-state index in [1.54, 1.807) is 67.8 Å². The number of benzene rings is 1. The Morgan fingerprint density at radius 3 is 1.61 bits per heavy atom. The Morgan fingerprint density at radius 1 is 0.714 bits per heavy atom. The molecular formula is C28H33ClI3N3O14. The Kier molecular flexibility index (Phi) is 19.6. The summed E-state index contributed by atoms with van der Waals surface area (Å²) in [6.07, 6.45) is -2.39. The number of rotatable bonds is 17. The number of hydrogen-bond donors (Lipinski definition) is 1. The highest BCUT2D eigenvalue weighted by molar-refractivity contribution is 14.1. The zero-order valence-corrected chi connectivity index (χ0v) is 34.2. The van der Waals surface area contributed by atoms with Gasteiger partial charge in [0, 0.05) is 50.2 Å². The summed E-state index contributed by atoms with van der Waals surface area (Å²) in [5, 5.41) is 2.61. The maximum atomic E-state index is 14.3. The fraction of sp³-hybridized carbons (Fsp3) is 0.500. The van der Waals surface area contributed by atoms with E-state index in [-0.39, 0.29) is 34.1 Å². The zero-order chi connectivity index (χ0) is 37.6. The number of nitrogens with one attached hydrogen (secondary N) is 1. The Hall–Kier alpha value is -2.58. The van der Waals surface area contributed by atoms with Crippen molar-refractivity contribution < 1.29 is 66.8 Å². The molecule has 0 saturated carbocycles. The van der Waals surface area contributed by atoms with E-state index in [2.05, 4.69) is 5.32 Å². The van der Waals surface area contributed by atoms with Crippen LogP contribution in [0.15, 0.2) is 0 Å². The van der Waals surface area contributed by atoms with Crippen molar-refractivity contribution >= 4 is 133 Å². The second kappa shape index (κ2) is 21.6. The molecule has 0 fully saturated rings. The summed E-state index contributed by atoms with van der Waals surface area (Å²) >= 11 is 11.7. The van der Waals surface area contributed by atoms with E-state index in [0.717, 1.165) is 39.7 Å². The molecule has 2 atom stereocenters. The first-order chi connectivity index (χ1) is 22.8. The average molecular weight is 1050 g/mol. The van der Waals surface area contributed by atoms with Gasteiger partial charge in [-0.3, -0.25) is 38.4 Å². The van der Waals surface area contributed by atoms with Gasteiger partial charge in [0.15, 0.2) is 12.2 Å². The molecule has 0 aliphatic rings. The van der Waals surface area contributed by atoms with Crippen LogP contribution in [-0.4, -0.2) is 123 Å². The van der Waals surface area contributed by atoms with Gasteiger partial charge in [0.25, 0.3) is 11.8 Å². The first-order valence-electron chi connectivity index (χ1n) is 13.8. The lowest BCUT2D eigenvalue weighted by Crippen LogP contribution is -2.45. The van der Waals surface area contributed by atoms with E-state index >= 15 is 0 Å². The van der Waals surface area contributed by atoms with Crippen LogP contribution in [0.25, 0.3) is 0 Å². The number of nitrogens with zero attached hydrogens (tertiary/aromatic N) is 2. The predicted molar refractivity (Wildman–Crippen MR) is 194 cm³/mol. The normalized spacial score (nSPS) is 11.7. The number of hydrogen-bond acceptors (Lipinski definition) is 14. The summed E-state index contributed by atoms with van der Waals surface area (Å²) in [5.74, 6) is -6.16. The number of methoxy groups -OCH3 is 2. The van der Waals surface area contributed by atoms with E-state index in [1.807, 2.05) is 0 Å². The second-order valence-electron chi connectivity index (χ2n) is 9.73. The Balaban J connectivity index is 3.89. The number of carbonyl (C=O) groups excluding carboxylic acids is 8. The Bertz CT molecular complexity index is 1460. The van der Waals surface area contributed by atoms with Crippen molar-refractivity contribution in [3.05, 3.63) is 21.8 Å². The van der Waals surface area contributed by atoms with E-state index in [4.69, 9.17) is 40.2 Å². The number of ether oxygens (including phenoxy) is 6. The summed E-state index contributed by atoms with van der Waals surface area (Å²) < 4.78 is 30.9. The third kappa shape index (κ3) is 14.7. The molecule has 21 heteroatoms. The lowest BCUT2D eigenvalue weighted by Gasteiger charge is -2.28. The third-order valence-corrected chi connectivity index (χ3v) is 9.27. The second-order valence-corrected chi connectivity index (χ2v) is 13.4. The molecule has 1 rings (SSSR count). The molecule has 1 N–H and O–H groups in total. The monoisotopic (exact) mass is 1050 g/mol. The number of amides is 3. The van der Waals surface area contributed by atoms with Gasteiger partial charge in [-0.25, -0.2) is 4.42 Å². The van der Waals surface area contributed by atoms with E-state index in [9.17, 15) is 38.4 Å². The number of anilines is 1. The van der Waals surface area contributed by atoms with Crippen molar-refractivity contribution in [2.75, 3.05) is 59.0 Å². The molecule has 0 heterocycles. The highest BCUT2D eigenvalue weighted by Crippen LogP contribution is 2.37. The molecular weight excluding hydrogens is 1020 g/mol. The highest BCUT2D eigenvalue weighted by atomic mass is 127. The van der Waals surface area contributed by atoms with E-state index in [0.29, 0.717) is 4.42 Å². The Labute approximate surface area is 327 Å². The fourth-order valence-electron chi connectivity index (χ4n) is 3.82. The Morgan fingerprint density at radius 2 is 1.18 bits per heavy atom. The van der Waals surface area contributed by atoms with Crippen molar-refractivity contribution in [1.82, 2.24) is 9.32 Å². The van der Waals surface area contributed by atoms with E-state index in [1.165, 1.54) is 7.11 Å². The van der Waals surface area contributed by atoms with Gasteiger partial charge in [0.05, 0.1) is 44.2 Å². The summed E-state index contributed by atoms with van der Waals surface area (Å²) in [4.78, 5) is 101. The smallest absolute Gasteiger partial charge is 0.325 e. The molecule has 0 bridgehead atoms. The topological polar surface area (TPSA) is 210 Å². The van der Waals surface area contributed by atoms with Crippen molar-refractivity contribution in [3.8, 4) is 0 Å². The molecule has 0 aliphatic heterocycles. The van der Waals surface area contributed by atoms with Gasteiger partial charge in [-0.05, 0) is 67.8 Å². The molecule has 1 aromatic rings. The summed E-state index contributed by atoms with van der Waals surface area (Å²) in [5.41, 5.74) is -0.320. The van der Waals surface area contributed by atoms with Crippen LogP contribution in [0.3, 0.4) is 0 Å². The van der Waals surface area contributed by atoms with Gasteiger partial charge in [-0.15, -0.1) is 0 Å². The lowest BCUT2D eigenvalue weighted by atomic mass is 10.1. The van der Waals surface area contributed by atoms with Crippen LogP contribution in [0, 0.1) is 10.7 Å². The van der Waals surface area contributed by atoms with Crippen molar-refractivity contribution in [1.29, 1.82) is 0 Å². The maximum absolute atomic E-state index is 14.3. The standard InChI is InChI=1S/C28H33ClI3N3O14/c1-13(36)46-10-17(48-15(3)38)7-34(9-20(41)45-6)27(42)21-23(30)22(25(32)26(24(21)31)33-19(40)12-44-5)28(43)35(29)8-18(49-16(4)39)11-47-14(2)37/h17-18H,7-12H2,1-6H3,(H,33,40). The van der Waals surface area contributed by atoms with Gasteiger partial charge in [0.1, 0.15) is 26.4 Å². The van der Waals surface area contributed by atoms with Gasteiger partial charge in [-0.2, -0.15) is 0 Å². The molecule has 0 radical (unpaired) electrons. The molecule has 0 spiro atoms. The lowest BCUT2D eigenvalue weighted by molar-refractivity contribution is -0.157. The maximum Gasteiger partial charge on any atom is 0.325 e. The van der Waals surface area contributed by atoms with Crippen LogP contribution in [0.2, 0.25) is 0 Å². The van der Waals surface area contributed by atoms with E-state index < -0.39 is 92.6 Å². The minimum atomic E-state index is -1.22. The van der Waals surface area contributed by atoms with Gasteiger partial charge >= 0.3 is 29.8 Å². The number of halogens is 4. The van der Waals surface area contributed by atoms with Gasteiger partial charge in [0.2, 0.25) is 5.91 Å². The van der Waals surface area contributed by atoms with Crippen LogP contribution in [0.1, 0.15) is 48.4 Å². The van der Waals surface area contributed by atoms with Crippen LogP contribution in [0.5, 0.6) is 0 Å². The van der Waals surface area contributed by atoms with Crippen molar-refractivity contribution in [2.24, 2.45) is 0 Å². The van der Waals surface area contributed by atoms with Crippen LogP contribution < -0.4 is 5.32 Å². The average Bonchev–Trinajstić information content (AvgIpc) is 2.99. The fourth-order valence-corrected chi connectivity index (χ4v) is 8.42. The summed E-state index contributed by atoms with van der Waals surface area (Å²) in [6.45, 7) is 1.61. The van der Waals surface area contributed by atoms with Gasteiger partial charge in [-0.1, -0.05) is 0 Å². The third-order valence-electron chi connectivity index (χ3n) is 5.74.